The quantitative estimate of drug-likeness (QED) is 0.938. The fourth-order valence-corrected chi connectivity index (χ4v) is 3.63. The molecule has 2 aromatic carbocycles. The van der Waals surface area contributed by atoms with Gasteiger partial charge in [-0.25, -0.2) is 12.8 Å². The van der Waals surface area contributed by atoms with Gasteiger partial charge in [-0.15, -0.1) is 0 Å². The van der Waals surface area contributed by atoms with Crippen molar-refractivity contribution in [3.63, 3.8) is 0 Å². The van der Waals surface area contributed by atoms with Gasteiger partial charge in [0.1, 0.15) is 10.7 Å². The number of para-hydroxylation sites is 1. The number of hydrogen-bond acceptors (Lipinski definition) is 2. The summed E-state index contributed by atoms with van der Waals surface area (Å²) in [6, 6.07) is 12.3. The molecule has 0 spiro atoms. The first-order chi connectivity index (χ1) is 8.50. The van der Waals surface area contributed by atoms with Crippen LogP contribution in [0.5, 0.6) is 0 Å². The van der Waals surface area contributed by atoms with Crippen LogP contribution in [0.25, 0.3) is 0 Å². The first-order valence-electron chi connectivity index (χ1n) is 5.02. The second kappa shape index (κ2) is 5.07. The Hall–Kier alpha value is -1.40. The van der Waals surface area contributed by atoms with Gasteiger partial charge < -0.3 is 0 Å². The van der Waals surface area contributed by atoms with E-state index in [0.717, 1.165) is 6.07 Å². The van der Waals surface area contributed by atoms with Gasteiger partial charge in [0.25, 0.3) is 10.0 Å². The van der Waals surface area contributed by atoms with Gasteiger partial charge in [-0.3, -0.25) is 4.72 Å². The van der Waals surface area contributed by atoms with Gasteiger partial charge in [0, 0.05) is 10.2 Å². The van der Waals surface area contributed by atoms with E-state index in [1.807, 2.05) is 0 Å². The lowest BCUT2D eigenvalue weighted by Gasteiger charge is -2.10. The molecule has 2 aromatic rings. The Morgan fingerprint density at radius 2 is 1.67 bits per heavy atom. The molecule has 0 aliphatic carbocycles. The number of nitrogens with one attached hydrogen (secondary N) is 1. The standard InChI is InChI=1S/C12H9BrFNO2S/c13-10-7-4-8-11(14)12(10)18(16,17)15-9-5-2-1-3-6-9/h1-8,15H. The van der Waals surface area contributed by atoms with Crippen LogP contribution < -0.4 is 4.72 Å². The summed E-state index contributed by atoms with van der Waals surface area (Å²) in [5, 5.41) is 0. The van der Waals surface area contributed by atoms with Crippen LogP contribution in [0.3, 0.4) is 0 Å². The van der Waals surface area contributed by atoms with Crippen molar-refractivity contribution in [2.24, 2.45) is 0 Å². The third-order valence-electron chi connectivity index (χ3n) is 2.21. The Balaban J connectivity index is 2.44. The van der Waals surface area contributed by atoms with Crippen molar-refractivity contribution in [2.75, 3.05) is 4.72 Å². The van der Waals surface area contributed by atoms with Gasteiger partial charge in [0.05, 0.1) is 0 Å². The maximum atomic E-state index is 13.6. The van der Waals surface area contributed by atoms with Crippen molar-refractivity contribution in [3.8, 4) is 0 Å². The summed E-state index contributed by atoms with van der Waals surface area (Å²) in [6.45, 7) is 0. The smallest absolute Gasteiger partial charge is 0.265 e. The van der Waals surface area contributed by atoms with E-state index in [1.54, 1.807) is 30.3 Å². The first-order valence-corrected chi connectivity index (χ1v) is 7.30. The van der Waals surface area contributed by atoms with Crippen LogP contribution in [0.4, 0.5) is 10.1 Å². The van der Waals surface area contributed by atoms with Gasteiger partial charge >= 0.3 is 0 Å². The van der Waals surface area contributed by atoms with Crippen LogP contribution in [0, 0.1) is 5.82 Å². The van der Waals surface area contributed by atoms with Crippen molar-refractivity contribution in [1.29, 1.82) is 0 Å². The lowest BCUT2D eigenvalue weighted by molar-refractivity contribution is 0.568. The van der Waals surface area contributed by atoms with E-state index in [9.17, 15) is 12.8 Å². The highest BCUT2D eigenvalue weighted by molar-refractivity contribution is 9.10. The van der Waals surface area contributed by atoms with Crippen molar-refractivity contribution in [2.45, 2.75) is 4.90 Å². The maximum absolute atomic E-state index is 13.6. The summed E-state index contributed by atoms with van der Waals surface area (Å²) in [5.41, 5.74) is 0.382. The highest BCUT2D eigenvalue weighted by Gasteiger charge is 2.22. The number of benzene rings is 2. The molecular weight excluding hydrogens is 321 g/mol. The van der Waals surface area contributed by atoms with Crippen LogP contribution in [0.2, 0.25) is 0 Å². The van der Waals surface area contributed by atoms with Crippen LogP contribution in [0.15, 0.2) is 57.9 Å². The van der Waals surface area contributed by atoms with Gasteiger partial charge in [0.15, 0.2) is 0 Å². The van der Waals surface area contributed by atoms with E-state index in [-0.39, 0.29) is 4.47 Å². The van der Waals surface area contributed by atoms with E-state index in [2.05, 4.69) is 20.7 Å². The van der Waals surface area contributed by atoms with Crippen molar-refractivity contribution < 1.29 is 12.8 Å². The summed E-state index contributed by atoms with van der Waals surface area (Å²) in [7, 11) is -3.95. The Labute approximate surface area is 113 Å². The molecule has 0 radical (unpaired) electrons. The summed E-state index contributed by atoms with van der Waals surface area (Å²) in [5.74, 6) is -0.798. The van der Waals surface area contributed by atoms with Crippen LogP contribution >= 0.6 is 15.9 Å². The molecule has 0 heterocycles. The molecule has 0 saturated heterocycles. The Morgan fingerprint density at radius 1 is 1.00 bits per heavy atom. The summed E-state index contributed by atoms with van der Waals surface area (Å²) >= 11 is 3.04. The molecule has 0 unspecified atom stereocenters. The lowest BCUT2D eigenvalue weighted by Crippen LogP contribution is -2.15. The molecule has 0 bridgehead atoms. The minimum absolute atomic E-state index is 0.186. The SMILES string of the molecule is O=S(=O)(Nc1ccccc1)c1c(F)cccc1Br. The fourth-order valence-electron chi connectivity index (χ4n) is 1.45. The second-order valence-corrected chi connectivity index (χ2v) is 6.00. The predicted molar refractivity (Wildman–Crippen MR) is 71.4 cm³/mol. The van der Waals surface area contributed by atoms with E-state index >= 15 is 0 Å². The van der Waals surface area contributed by atoms with Crippen molar-refractivity contribution in [1.82, 2.24) is 0 Å². The summed E-state index contributed by atoms with van der Waals surface area (Å²) in [4.78, 5) is -0.395. The van der Waals surface area contributed by atoms with Crippen LogP contribution in [-0.4, -0.2) is 8.42 Å². The number of rotatable bonds is 3. The summed E-state index contributed by atoms with van der Waals surface area (Å²) in [6.07, 6.45) is 0. The zero-order valence-corrected chi connectivity index (χ0v) is 11.5. The zero-order chi connectivity index (χ0) is 13.2. The molecule has 0 saturated carbocycles. The van der Waals surface area contributed by atoms with Crippen LogP contribution in [0.1, 0.15) is 0 Å². The molecular formula is C12H9BrFNO2S. The minimum Gasteiger partial charge on any atom is -0.280 e. The molecule has 18 heavy (non-hydrogen) atoms. The highest BCUT2D eigenvalue weighted by atomic mass is 79.9. The summed E-state index contributed by atoms with van der Waals surface area (Å²) < 4.78 is 40.2. The maximum Gasteiger partial charge on any atom is 0.265 e. The van der Waals surface area contributed by atoms with E-state index in [0.29, 0.717) is 5.69 Å². The first kappa shape index (κ1) is 13.0. The molecule has 0 aromatic heterocycles. The average molecular weight is 330 g/mol. The van der Waals surface area contributed by atoms with Gasteiger partial charge in [-0.1, -0.05) is 24.3 Å². The average Bonchev–Trinajstić information content (AvgIpc) is 2.28. The minimum atomic E-state index is -3.95. The highest BCUT2D eigenvalue weighted by Crippen LogP contribution is 2.26. The molecule has 0 atom stereocenters. The number of halogens is 2. The molecule has 0 amide bonds. The molecule has 3 nitrogen and oxygen atoms in total. The zero-order valence-electron chi connectivity index (χ0n) is 9.10. The van der Waals surface area contributed by atoms with E-state index < -0.39 is 20.7 Å². The third-order valence-corrected chi connectivity index (χ3v) is 4.59. The lowest BCUT2D eigenvalue weighted by atomic mass is 10.3. The van der Waals surface area contributed by atoms with Gasteiger partial charge in [0.2, 0.25) is 0 Å². The van der Waals surface area contributed by atoms with Crippen molar-refractivity contribution in [3.05, 3.63) is 58.8 Å². The van der Waals surface area contributed by atoms with Crippen LogP contribution in [-0.2, 0) is 10.0 Å². The fraction of sp³-hybridized carbons (Fsp3) is 0. The Kier molecular flexibility index (Phi) is 3.68. The Bertz CT molecular complexity index is 639. The van der Waals surface area contributed by atoms with Crippen molar-refractivity contribution >= 4 is 31.6 Å². The number of anilines is 1. The second-order valence-electron chi connectivity index (χ2n) is 3.52. The molecule has 0 fully saturated rings. The normalized spacial score (nSPS) is 11.2. The number of sulfonamides is 1. The molecule has 1 N–H and O–H groups in total. The molecule has 2 rings (SSSR count). The predicted octanol–water partition coefficient (Wildman–Crippen LogP) is 3.39. The largest absolute Gasteiger partial charge is 0.280 e. The van der Waals surface area contributed by atoms with E-state index in [4.69, 9.17) is 0 Å². The molecule has 0 aliphatic heterocycles. The molecule has 94 valence electrons. The number of hydrogen-bond donors (Lipinski definition) is 1. The molecule has 6 heteroatoms. The Morgan fingerprint density at radius 3 is 2.28 bits per heavy atom. The van der Waals surface area contributed by atoms with Gasteiger partial charge in [-0.2, -0.15) is 0 Å². The topological polar surface area (TPSA) is 46.2 Å². The monoisotopic (exact) mass is 329 g/mol. The molecule has 0 aliphatic rings. The van der Waals surface area contributed by atoms with E-state index in [1.165, 1.54) is 12.1 Å². The third kappa shape index (κ3) is 2.70. The van der Waals surface area contributed by atoms with Gasteiger partial charge in [-0.05, 0) is 40.2 Å².